The number of nitrogens with zero attached hydrogens (tertiary/aromatic N) is 1. The van der Waals surface area contributed by atoms with E-state index in [0.29, 0.717) is 5.92 Å². The van der Waals surface area contributed by atoms with Gasteiger partial charge in [-0.2, -0.15) is 0 Å². The summed E-state index contributed by atoms with van der Waals surface area (Å²) in [6.07, 6.45) is 0.911. The van der Waals surface area contributed by atoms with E-state index in [-0.39, 0.29) is 22.9 Å². The van der Waals surface area contributed by atoms with E-state index in [2.05, 4.69) is 17.2 Å². The predicted molar refractivity (Wildman–Crippen MR) is 61.2 cm³/mol. The summed E-state index contributed by atoms with van der Waals surface area (Å²) >= 11 is 0. The van der Waals surface area contributed by atoms with Gasteiger partial charge in [-0.05, 0) is 11.5 Å². The van der Waals surface area contributed by atoms with Crippen molar-refractivity contribution in [3.8, 4) is 5.88 Å². The normalized spacial score (nSPS) is 20.5. The van der Waals surface area contributed by atoms with Crippen molar-refractivity contribution in [1.29, 1.82) is 0 Å². The van der Waals surface area contributed by atoms with Crippen LogP contribution in [0, 0.1) is 0 Å². The highest BCUT2D eigenvalue weighted by atomic mass is 79.9. The van der Waals surface area contributed by atoms with E-state index in [0.717, 1.165) is 25.2 Å². The van der Waals surface area contributed by atoms with Gasteiger partial charge in [-0.25, -0.2) is 4.98 Å². The SMILES string of the molecule is Br.CC1CNCCc2nc(O)ccc21. The van der Waals surface area contributed by atoms with Gasteiger partial charge in [-0.3, -0.25) is 0 Å². The molecule has 4 heteroatoms. The molecule has 78 valence electrons. The van der Waals surface area contributed by atoms with Crippen molar-refractivity contribution in [3.05, 3.63) is 23.4 Å². The van der Waals surface area contributed by atoms with Crippen LogP contribution in [0.4, 0.5) is 0 Å². The van der Waals surface area contributed by atoms with E-state index in [4.69, 9.17) is 0 Å². The van der Waals surface area contributed by atoms with Crippen molar-refractivity contribution in [2.75, 3.05) is 13.1 Å². The summed E-state index contributed by atoms with van der Waals surface area (Å²) in [6.45, 7) is 4.13. The maximum atomic E-state index is 9.23. The summed E-state index contributed by atoms with van der Waals surface area (Å²) in [7, 11) is 0. The highest BCUT2D eigenvalue weighted by molar-refractivity contribution is 8.93. The van der Waals surface area contributed by atoms with Gasteiger partial charge >= 0.3 is 0 Å². The van der Waals surface area contributed by atoms with E-state index < -0.39 is 0 Å². The largest absolute Gasteiger partial charge is 0.493 e. The number of aromatic nitrogens is 1. The van der Waals surface area contributed by atoms with Crippen molar-refractivity contribution in [2.24, 2.45) is 0 Å². The minimum atomic E-state index is 0. The fourth-order valence-corrected chi connectivity index (χ4v) is 1.78. The number of hydrogen-bond acceptors (Lipinski definition) is 3. The van der Waals surface area contributed by atoms with Crippen LogP contribution in [0.1, 0.15) is 24.1 Å². The Kier molecular flexibility index (Phi) is 3.89. The Balaban J connectivity index is 0.000000980. The van der Waals surface area contributed by atoms with Gasteiger partial charge < -0.3 is 10.4 Å². The van der Waals surface area contributed by atoms with Crippen LogP contribution >= 0.6 is 17.0 Å². The lowest BCUT2D eigenvalue weighted by atomic mass is 10.00. The smallest absolute Gasteiger partial charge is 0.210 e. The number of aromatic hydroxyl groups is 1. The highest BCUT2D eigenvalue weighted by Gasteiger charge is 2.15. The van der Waals surface area contributed by atoms with Crippen LogP contribution in [0.2, 0.25) is 0 Å². The zero-order valence-electron chi connectivity index (χ0n) is 8.16. The maximum absolute atomic E-state index is 9.23. The van der Waals surface area contributed by atoms with E-state index >= 15 is 0 Å². The molecule has 0 aromatic carbocycles. The van der Waals surface area contributed by atoms with Gasteiger partial charge in [0.15, 0.2) is 0 Å². The molecule has 1 aliphatic rings. The number of rotatable bonds is 0. The van der Waals surface area contributed by atoms with E-state index in [9.17, 15) is 5.11 Å². The summed E-state index contributed by atoms with van der Waals surface area (Å²) in [6, 6.07) is 3.65. The Hall–Kier alpha value is -0.610. The minimum absolute atomic E-state index is 0. The van der Waals surface area contributed by atoms with Crippen molar-refractivity contribution in [1.82, 2.24) is 10.3 Å². The number of pyridine rings is 1. The van der Waals surface area contributed by atoms with Crippen molar-refractivity contribution < 1.29 is 5.11 Å². The van der Waals surface area contributed by atoms with Gasteiger partial charge in [0.05, 0.1) is 0 Å². The van der Waals surface area contributed by atoms with Crippen LogP contribution in [0.25, 0.3) is 0 Å². The number of fused-ring (bicyclic) bond motifs is 1. The summed E-state index contributed by atoms with van der Waals surface area (Å²) in [5.74, 6) is 0.624. The molecule has 0 saturated heterocycles. The lowest BCUT2D eigenvalue weighted by Crippen LogP contribution is -2.18. The molecule has 1 aromatic heterocycles. The van der Waals surface area contributed by atoms with Gasteiger partial charge in [0.2, 0.25) is 5.88 Å². The molecule has 0 radical (unpaired) electrons. The number of nitrogens with one attached hydrogen (secondary N) is 1. The average molecular weight is 259 g/mol. The molecule has 14 heavy (non-hydrogen) atoms. The molecule has 0 aliphatic carbocycles. The highest BCUT2D eigenvalue weighted by Crippen LogP contribution is 2.22. The van der Waals surface area contributed by atoms with Gasteiger partial charge in [0.1, 0.15) is 0 Å². The fourth-order valence-electron chi connectivity index (χ4n) is 1.78. The third kappa shape index (κ3) is 2.25. The van der Waals surface area contributed by atoms with Gasteiger partial charge in [0.25, 0.3) is 0 Å². The number of hydrogen-bond donors (Lipinski definition) is 2. The van der Waals surface area contributed by atoms with E-state index in [1.165, 1.54) is 5.56 Å². The predicted octanol–water partition coefficient (Wildman–Crippen LogP) is 1.61. The molecule has 2 rings (SSSR count). The maximum Gasteiger partial charge on any atom is 0.210 e. The first-order chi connectivity index (χ1) is 6.27. The van der Waals surface area contributed by atoms with Crippen LogP contribution in [0.5, 0.6) is 5.88 Å². The van der Waals surface area contributed by atoms with Crippen LogP contribution in [-0.2, 0) is 6.42 Å². The van der Waals surface area contributed by atoms with Gasteiger partial charge in [-0.1, -0.05) is 13.0 Å². The molecule has 2 heterocycles. The quantitative estimate of drug-likeness (QED) is 0.744. The molecule has 0 spiro atoms. The van der Waals surface area contributed by atoms with Crippen LogP contribution in [0.15, 0.2) is 12.1 Å². The summed E-state index contributed by atoms with van der Waals surface area (Å²) in [5, 5.41) is 12.6. The molecule has 0 saturated carbocycles. The Morgan fingerprint density at radius 1 is 1.50 bits per heavy atom. The zero-order valence-corrected chi connectivity index (χ0v) is 9.87. The van der Waals surface area contributed by atoms with Gasteiger partial charge in [0, 0.05) is 31.3 Å². The summed E-state index contributed by atoms with van der Waals surface area (Å²) in [4.78, 5) is 4.14. The lowest BCUT2D eigenvalue weighted by molar-refractivity contribution is 0.450. The summed E-state index contributed by atoms with van der Waals surface area (Å²) < 4.78 is 0. The van der Waals surface area contributed by atoms with Crippen molar-refractivity contribution in [2.45, 2.75) is 19.3 Å². The topological polar surface area (TPSA) is 45.2 Å². The number of halogens is 1. The third-order valence-corrected chi connectivity index (χ3v) is 2.51. The van der Waals surface area contributed by atoms with Crippen molar-refractivity contribution in [3.63, 3.8) is 0 Å². The van der Waals surface area contributed by atoms with Crippen LogP contribution in [-0.4, -0.2) is 23.2 Å². The molecular formula is C10H15BrN2O. The van der Waals surface area contributed by atoms with E-state index in [1.54, 1.807) is 6.07 Å². The molecule has 0 bridgehead atoms. The molecule has 3 nitrogen and oxygen atoms in total. The van der Waals surface area contributed by atoms with E-state index in [1.807, 2.05) is 6.07 Å². The fraction of sp³-hybridized carbons (Fsp3) is 0.500. The molecule has 0 fully saturated rings. The molecule has 1 unspecified atom stereocenters. The second-order valence-corrected chi connectivity index (χ2v) is 3.56. The molecule has 1 aliphatic heterocycles. The Morgan fingerprint density at radius 3 is 3.07 bits per heavy atom. The van der Waals surface area contributed by atoms with Crippen LogP contribution in [0.3, 0.4) is 0 Å². The Morgan fingerprint density at radius 2 is 2.29 bits per heavy atom. The second-order valence-electron chi connectivity index (χ2n) is 3.56. The molecule has 0 amide bonds. The first-order valence-electron chi connectivity index (χ1n) is 4.67. The standard InChI is InChI=1S/C10H14N2O.BrH/c1-7-6-11-5-4-9-8(7)2-3-10(13)12-9;/h2-3,7,11H,4-6H2,1H3,(H,12,13);1H. The minimum Gasteiger partial charge on any atom is -0.493 e. The third-order valence-electron chi connectivity index (χ3n) is 2.51. The summed E-state index contributed by atoms with van der Waals surface area (Å²) in [5.41, 5.74) is 2.31. The molecule has 2 N–H and O–H groups in total. The first-order valence-corrected chi connectivity index (χ1v) is 4.67. The Labute approximate surface area is 94.3 Å². The second kappa shape index (κ2) is 4.75. The monoisotopic (exact) mass is 258 g/mol. The lowest BCUT2D eigenvalue weighted by Gasteiger charge is -2.10. The zero-order chi connectivity index (χ0) is 9.26. The molecular weight excluding hydrogens is 244 g/mol. The molecule has 1 aromatic rings. The first kappa shape index (κ1) is 11.5. The Bertz CT molecular complexity index is 317. The average Bonchev–Trinajstić information content (AvgIpc) is 2.28. The van der Waals surface area contributed by atoms with Gasteiger partial charge in [-0.15, -0.1) is 17.0 Å². The van der Waals surface area contributed by atoms with Crippen molar-refractivity contribution >= 4 is 17.0 Å². The molecule has 1 atom stereocenters. The van der Waals surface area contributed by atoms with Crippen LogP contribution < -0.4 is 5.32 Å².